The summed E-state index contributed by atoms with van der Waals surface area (Å²) in [6, 6.07) is 7.28. The lowest BCUT2D eigenvalue weighted by Gasteiger charge is -2.14. The fourth-order valence-corrected chi connectivity index (χ4v) is 2.58. The second-order valence-corrected chi connectivity index (χ2v) is 5.27. The molecule has 1 amide bonds. The number of hydrogen-bond acceptors (Lipinski definition) is 3. The van der Waals surface area contributed by atoms with Gasteiger partial charge in [-0.25, -0.2) is 0 Å². The quantitative estimate of drug-likeness (QED) is 0.813. The molecule has 0 spiro atoms. The molecule has 110 valence electrons. The van der Waals surface area contributed by atoms with E-state index in [-0.39, 0.29) is 25.0 Å². The molecule has 0 atom stereocenters. The van der Waals surface area contributed by atoms with E-state index in [0.29, 0.717) is 5.75 Å². The van der Waals surface area contributed by atoms with Crippen LogP contribution < -0.4 is 10.1 Å². The predicted molar refractivity (Wildman–Crippen MR) is 78.8 cm³/mol. The number of benzene rings is 1. The Labute approximate surface area is 120 Å². The average Bonchev–Trinajstić information content (AvgIpc) is 2.75. The maximum absolute atomic E-state index is 12.2. The van der Waals surface area contributed by atoms with Crippen LogP contribution in [0.3, 0.4) is 0 Å². The summed E-state index contributed by atoms with van der Waals surface area (Å²) in [5.41, 5.74) is 0.801. The number of aliphatic hydroxyl groups is 1. The van der Waals surface area contributed by atoms with Crippen LogP contribution in [0.1, 0.15) is 38.5 Å². The Morgan fingerprint density at radius 2 is 1.80 bits per heavy atom. The second-order valence-electron chi connectivity index (χ2n) is 5.27. The Bertz CT molecular complexity index is 408. The zero-order chi connectivity index (χ0) is 14.2. The first-order chi connectivity index (χ1) is 9.79. The summed E-state index contributed by atoms with van der Waals surface area (Å²) < 4.78 is 5.29. The van der Waals surface area contributed by atoms with Gasteiger partial charge in [-0.3, -0.25) is 4.79 Å². The number of amides is 1. The molecule has 1 aliphatic carbocycles. The highest BCUT2D eigenvalue weighted by Crippen LogP contribution is 2.24. The summed E-state index contributed by atoms with van der Waals surface area (Å²) in [5.74, 6) is 0.991. The van der Waals surface area contributed by atoms with Crippen molar-refractivity contribution in [2.24, 2.45) is 5.92 Å². The van der Waals surface area contributed by atoms with Crippen molar-refractivity contribution in [1.29, 1.82) is 0 Å². The number of rotatable bonds is 5. The van der Waals surface area contributed by atoms with E-state index in [4.69, 9.17) is 9.84 Å². The van der Waals surface area contributed by atoms with Crippen molar-refractivity contribution in [2.75, 3.05) is 18.5 Å². The number of carbonyl (C=O) groups excluding carboxylic acids is 1. The summed E-state index contributed by atoms with van der Waals surface area (Å²) in [6.45, 7) is 0.286. The number of ether oxygens (including phenoxy) is 1. The molecule has 4 nitrogen and oxygen atoms in total. The normalized spacial score (nSPS) is 16.4. The van der Waals surface area contributed by atoms with Gasteiger partial charge in [-0.15, -0.1) is 0 Å². The van der Waals surface area contributed by atoms with Gasteiger partial charge in [0.05, 0.1) is 6.61 Å². The highest BCUT2D eigenvalue weighted by Gasteiger charge is 2.19. The van der Waals surface area contributed by atoms with E-state index in [1.54, 1.807) is 12.1 Å². The van der Waals surface area contributed by atoms with Gasteiger partial charge in [0.2, 0.25) is 5.91 Å². The maximum Gasteiger partial charge on any atom is 0.227 e. The van der Waals surface area contributed by atoms with Crippen molar-refractivity contribution in [3.8, 4) is 5.75 Å². The molecule has 1 aromatic rings. The first-order valence-corrected chi connectivity index (χ1v) is 7.44. The summed E-state index contributed by atoms with van der Waals surface area (Å²) in [4.78, 5) is 12.2. The maximum atomic E-state index is 12.2. The van der Waals surface area contributed by atoms with E-state index in [0.717, 1.165) is 31.4 Å². The monoisotopic (exact) mass is 277 g/mol. The Morgan fingerprint density at radius 3 is 2.40 bits per heavy atom. The van der Waals surface area contributed by atoms with Gasteiger partial charge in [0.25, 0.3) is 0 Å². The molecule has 0 aliphatic heterocycles. The van der Waals surface area contributed by atoms with Gasteiger partial charge in [0.15, 0.2) is 0 Å². The van der Waals surface area contributed by atoms with Gasteiger partial charge in [-0.2, -0.15) is 0 Å². The third-order valence-electron chi connectivity index (χ3n) is 3.71. The summed E-state index contributed by atoms with van der Waals surface area (Å²) in [7, 11) is 0. The van der Waals surface area contributed by atoms with E-state index < -0.39 is 0 Å². The molecule has 1 saturated carbocycles. The van der Waals surface area contributed by atoms with Crippen molar-refractivity contribution in [3.05, 3.63) is 24.3 Å². The van der Waals surface area contributed by atoms with E-state index >= 15 is 0 Å². The van der Waals surface area contributed by atoms with Gasteiger partial charge in [0.1, 0.15) is 12.4 Å². The Hall–Kier alpha value is -1.55. The van der Waals surface area contributed by atoms with Gasteiger partial charge in [0, 0.05) is 11.6 Å². The molecular weight excluding hydrogens is 254 g/mol. The lowest BCUT2D eigenvalue weighted by atomic mass is 9.99. The van der Waals surface area contributed by atoms with Crippen LogP contribution >= 0.6 is 0 Å². The van der Waals surface area contributed by atoms with Crippen LogP contribution in [0.5, 0.6) is 5.75 Å². The first-order valence-electron chi connectivity index (χ1n) is 7.44. The molecule has 2 N–H and O–H groups in total. The highest BCUT2D eigenvalue weighted by atomic mass is 16.5. The van der Waals surface area contributed by atoms with Crippen LogP contribution in [0.15, 0.2) is 24.3 Å². The van der Waals surface area contributed by atoms with E-state index in [9.17, 15) is 4.79 Å². The largest absolute Gasteiger partial charge is 0.491 e. The molecule has 0 bridgehead atoms. The molecule has 0 heterocycles. The van der Waals surface area contributed by atoms with Crippen LogP contribution in [0.4, 0.5) is 5.69 Å². The molecule has 1 aromatic carbocycles. The zero-order valence-electron chi connectivity index (χ0n) is 11.8. The first kappa shape index (κ1) is 14.9. The fourth-order valence-electron chi connectivity index (χ4n) is 2.58. The minimum absolute atomic E-state index is 0.000166. The van der Waals surface area contributed by atoms with Gasteiger partial charge in [-0.1, -0.05) is 25.7 Å². The van der Waals surface area contributed by atoms with Crippen molar-refractivity contribution < 1.29 is 14.6 Å². The predicted octanol–water partition coefficient (Wildman–Crippen LogP) is 2.97. The standard InChI is InChI=1S/C16H23NO3/c18-11-12-20-15-9-7-14(8-10-15)17-16(19)13-5-3-1-2-4-6-13/h7-10,13,18H,1-6,11-12H2,(H,17,19). The van der Waals surface area contributed by atoms with E-state index in [1.807, 2.05) is 12.1 Å². The van der Waals surface area contributed by atoms with Gasteiger partial charge >= 0.3 is 0 Å². The molecule has 1 fully saturated rings. The fraction of sp³-hybridized carbons (Fsp3) is 0.562. The lowest BCUT2D eigenvalue weighted by molar-refractivity contribution is -0.120. The van der Waals surface area contributed by atoms with Gasteiger partial charge in [-0.05, 0) is 37.1 Å². The molecule has 20 heavy (non-hydrogen) atoms. The minimum atomic E-state index is 0.000166. The SMILES string of the molecule is O=C(Nc1ccc(OCCO)cc1)C1CCCCCC1. The van der Waals surface area contributed by atoms with Crippen molar-refractivity contribution in [3.63, 3.8) is 0 Å². The summed E-state index contributed by atoms with van der Waals surface area (Å²) >= 11 is 0. The number of nitrogens with one attached hydrogen (secondary N) is 1. The van der Waals surface area contributed by atoms with Crippen LogP contribution in [-0.2, 0) is 4.79 Å². The van der Waals surface area contributed by atoms with Crippen LogP contribution in [0.2, 0.25) is 0 Å². The smallest absolute Gasteiger partial charge is 0.227 e. The lowest BCUT2D eigenvalue weighted by Crippen LogP contribution is -2.22. The zero-order valence-corrected chi connectivity index (χ0v) is 11.8. The van der Waals surface area contributed by atoms with E-state index in [2.05, 4.69) is 5.32 Å². The number of aliphatic hydroxyl groups excluding tert-OH is 1. The molecule has 0 radical (unpaired) electrons. The minimum Gasteiger partial charge on any atom is -0.491 e. The van der Waals surface area contributed by atoms with E-state index in [1.165, 1.54) is 12.8 Å². The Balaban J connectivity index is 1.86. The number of carbonyl (C=O) groups is 1. The number of hydrogen-bond donors (Lipinski definition) is 2. The van der Waals surface area contributed by atoms with Crippen LogP contribution in [0, 0.1) is 5.92 Å². The molecular formula is C16H23NO3. The molecule has 0 unspecified atom stereocenters. The highest BCUT2D eigenvalue weighted by molar-refractivity contribution is 5.92. The Kier molecular flexibility index (Phi) is 5.87. The molecule has 4 heteroatoms. The number of anilines is 1. The second kappa shape index (κ2) is 7.90. The van der Waals surface area contributed by atoms with Crippen molar-refractivity contribution in [1.82, 2.24) is 0 Å². The average molecular weight is 277 g/mol. The molecule has 2 rings (SSSR count). The molecule has 0 saturated heterocycles. The van der Waals surface area contributed by atoms with Crippen LogP contribution in [0.25, 0.3) is 0 Å². The van der Waals surface area contributed by atoms with Gasteiger partial charge < -0.3 is 15.2 Å². The molecule has 1 aliphatic rings. The van der Waals surface area contributed by atoms with Crippen molar-refractivity contribution in [2.45, 2.75) is 38.5 Å². The summed E-state index contributed by atoms with van der Waals surface area (Å²) in [5, 5.41) is 11.7. The summed E-state index contributed by atoms with van der Waals surface area (Å²) in [6.07, 6.45) is 6.83. The Morgan fingerprint density at radius 1 is 1.15 bits per heavy atom. The molecule has 0 aromatic heterocycles. The third kappa shape index (κ3) is 4.53. The third-order valence-corrected chi connectivity index (χ3v) is 3.71. The van der Waals surface area contributed by atoms with Crippen LogP contribution in [-0.4, -0.2) is 24.2 Å². The van der Waals surface area contributed by atoms with Crippen molar-refractivity contribution >= 4 is 11.6 Å². The topological polar surface area (TPSA) is 58.6 Å².